The van der Waals surface area contributed by atoms with E-state index in [1.807, 2.05) is 0 Å². The normalized spacial score (nSPS) is 12.0. The molecular formula is C22H46O3. The van der Waals surface area contributed by atoms with Crippen molar-refractivity contribution in [1.29, 1.82) is 0 Å². The summed E-state index contributed by atoms with van der Waals surface area (Å²) in [4.78, 5) is 10.9. The minimum absolute atomic E-state index is 0.155. The predicted octanol–water partition coefficient (Wildman–Crippen LogP) is 7.93. The van der Waals surface area contributed by atoms with Crippen LogP contribution in [0.2, 0.25) is 0 Å². The van der Waals surface area contributed by atoms with E-state index in [2.05, 4.69) is 27.7 Å². The van der Waals surface area contributed by atoms with Gasteiger partial charge in [-0.05, 0) is 25.7 Å². The Bertz CT molecular complexity index is 250. The molecule has 0 aliphatic heterocycles. The smallest absolute Gasteiger partial charge is 0.107 e. The van der Waals surface area contributed by atoms with E-state index in [0.717, 1.165) is 38.5 Å². The summed E-state index contributed by atoms with van der Waals surface area (Å²) in [7, 11) is 0. The summed E-state index contributed by atoms with van der Waals surface area (Å²) in [6.45, 7) is 9.38. The molecule has 0 spiro atoms. The van der Waals surface area contributed by atoms with E-state index in [9.17, 15) is 0 Å². The van der Waals surface area contributed by atoms with Gasteiger partial charge in [0.15, 0.2) is 0 Å². The van der Waals surface area contributed by atoms with Crippen LogP contribution in [0.15, 0.2) is 0 Å². The lowest BCUT2D eigenvalue weighted by atomic mass is 9.87. The second-order valence-electron chi connectivity index (χ2n) is 7.59. The van der Waals surface area contributed by atoms with Gasteiger partial charge in [0.05, 0.1) is 6.61 Å². The van der Waals surface area contributed by atoms with Crippen LogP contribution in [0, 0.1) is 0 Å². The molecule has 0 aliphatic carbocycles. The predicted molar refractivity (Wildman–Crippen MR) is 107 cm³/mol. The highest BCUT2D eigenvalue weighted by Gasteiger charge is 2.31. The van der Waals surface area contributed by atoms with E-state index in [1.165, 1.54) is 64.2 Å². The lowest BCUT2D eigenvalue weighted by molar-refractivity contribution is -0.545. The standard InChI is InChI=1S/C22H46O3/c1-5-9-10-11-12-13-14-15-16-17-20-22(18-6-2,19-7-3)24-25-23-21-8-4/h5-21H2,1-4H3. The van der Waals surface area contributed by atoms with Crippen LogP contribution >= 0.6 is 0 Å². The van der Waals surface area contributed by atoms with Gasteiger partial charge in [0.1, 0.15) is 5.60 Å². The Labute approximate surface area is 158 Å². The van der Waals surface area contributed by atoms with Gasteiger partial charge in [0.2, 0.25) is 0 Å². The molecule has 0 aromatic rings. The van der Waals surface area contributed by atoms with Crippen molar-refractivity contribution in [3.8, 4) is 0 Å². The molecule has 25 heavy (non-hydrogen) atoms. The van der Waals surface area contributed by atoms with Crippen molar-refractivity contribution < 1.29 is 14.8 Å². The second-order valence-corrected chi connectivity index (χ2v) is 7.59. The Kier molecular flexibility index (Phi) is 18.6. The Balaban J connectivity index is 3.91. The molecule has 0 heterocycles. The number of unbranched alkanes of at least 4 members (excludes halogenated alkanes) is 9. The molecule has 3 nitrogen and oxygen atoms in total. The monoisotopic (exact) mass is 358 g/mol. The van der Waals surface area contributed by atoms with Gasteiger partial charge in [0.25, 0.3) is 0 Å². The Morgan fingerprint density at radius 3 is 1.52 bits per heavy atom. The van der Waals surface area contributed by atoms with E-state index in [1.54, 1.807) is 0 Å². The third-order valence-corrected chi connectivity index (χ3v) is 4.94. The molecule has 0 amide bonds. The van der Waals surface area contributed by atoms with Crippen molar-refractivity contribution >= 4 is 0 Å². The van der Waals surface area contributed by atoms with Crippen molar-refractivity contribution in [3.63, 3.8) is 0 Å². The average molecular weight is 359 g/mol. The molecular weight excluding hydrogens is 312 g/mol. The van der Waals surface area contributed by atoms with Crippen molar-refractivity contribution in [3.05, 3.63) is 0 Å². The molecule has 0 unspecified atom stereocenters. The molecule has 0 aromatic heterocycles. The minimum atomic E-state index is -0.155. The summed E-state index contributed by atoms with van der Waals surface area (Å²) in [5, 5.41) is 5.09. The topological polar surface area (TPSA) is 27.7 Å². The first-order valence-corrected chi connectivity index (χ1v) is 11.2. The second kappa shape index (κ2) is 18.7. The summed E-state index contributed by atoms with van der Waals surface area (Å²) in [5.41, 5.74) is -0.155. The van der Waals surface area contributed by atoms with Gasteiger partial charge in [-0.15, -0.1) is 0 Å². The third-order valence-electron chi connectivity index (χ3n) is 4.94. The Morgan fingerprint density at radius 2 is 1.04 bits per heavy atom. The van der Waals surface area contributed by atoms with Gasteiger partial charge in [-0.1, -0.05) is 110 Å². The average Bonchev–Trinajstić information content (AvgIpc) is 2.61. The largest absolute Gasteiger partial charge is 0.206 e. The third kappa shape index (κ3) is 14.7. The van der Waals surface area contributed by atoms with Gasteiger partial charge < -0.3 is 0 Å². The van der Waals surface area contributed by atoms with Crippen molar-refractivity contribution in [1.82, 2.24) is 0 Å². The molecule has 0 radical (unpaired) electrons. The summed E-state index contributed by atoms with van der Waals surface area (Å²) < 4.78 is 0. The summed E-state index contributed by atoms with van der Waals surface area (Å²) >= 11 is 0. The highest BCUT2D eigenvalue weighted by molar-refractivity contribution is 4.78. The van der Waals surface area contributed by atoms with Crippen molar-refractivity contribution in [2.75, 3.05) is 6.61 Å². The van der Waals surface area contributed by atoms with Gasteiger partial charge in [-0.25, -0.2) is 4.89 Å². The van der Waals surface area contributed by atoms with E-state index in [0.29, 0.717) is 6.61 Å². The zero-order valence-corrected chi connectivity index (χ0v) is 17.7. The molecule has 0 aliphatic rings. The fourth-order valence-corrected chi connectivity index (χ4v) is 3.56. The maximum Gasteiger partial charge on any atom is 0.107 e. The Morgan fingerprint density at radius 1 is 0.520 bits per heavy atom. The van der Waals surface area contributed by atoms with E-state index in [-0.39, 0.29) is 5.60 Å². The van der Waals surface area contributed by atoms with E-state index < -0.39 is 0 Å². The van der Waals surface area contributed by atoms with Crippen molar-refractivity contribution in [2.24, 2.45) is 0 Å². The molecule has 0 fully saturated rings. The number of hydrogen-bond acceptors (Lipinski definition) is 3. The number of hydrogen-bond donors (Lipinski definition) is 0. The van der Waals surface area contributed by atoms with Gasteiger partial charge >= 0.3 is 0 Å². The van der Waals surface area contributed by atoms with Crippen LogP contribution in [0.4, 0.5) is 0 Å². The number of rotatable bonds is 20. The van der Waals surface area contributed by atoms with Gasteiger partial charge in [-0.3, -0.25) is 0 Å². The molecule has 0 aromatic carbocycles. The highest BCUT2D eigenvalue weighted by atomic mass is 17.5. The summed E-state index contributed by atoms with van der Waals surface area (Å²) in [5.74, 6) is 0. The van der Waals surface area contributed by atoms with Crippen LogP contribution in [0.25, 0.3) is 0 Å². The van der Waals surface area contributed by atoms with Crippen molar-refractivity contribution in [2.45, 2.75) is 136 Å². The first-order chi connectivity index (χ1) is 12.2. The zero-order valence-electron chi connectivity index (χ0n) is 17.7. The first-order valence-electron chi connectivity index (χ1n) is 11.2. The molecule has 152 valence electrons. The highest BCUT2D eigenvalue weighted by Crippen LogP contribution is 2.31. The van der Waals surface area contributed by atoms with Crippen LogP contribution in [0.3, 0.4) is 0 Å². The summed E-state index contributed by atoms with van der Waals surface area (Å²) in [6, 6.07) is 0. The lowest BCUT2D eigenvalue weighted by Crippen LogP contribution is -2.33. The molecule has 3 heteroatoms. The minimum Gasteiger partial charge on any atom is -0.206 e. The fraction of sp³-hybridized carbons (Fsp3) is 1.00. The van der Waals surface area contributed by atoms with E-state index >= 15 is 0 Å². The maximum atomic E-state index is 5.77. The van der Waals surface area contributed by atoms with Crippen LogP contribution in [0.1, 0.15) is 130 Å². The molecule has 0 N–H and O–H groups in total. The van der Waals surface area contributed by atoms with E-state index in [4.69, 9.17) is 14.8 Å². The quantitative estimate of drug-likeness (QED) is 0.126. The van der Waals surface area contributed by atoms with Crippen LogP contribution < -0.4 is 0 Å². The van der Waals surface area contributed by atoms with Crippen LogP contribution in [0.5, 0.6) is 0 Å². The maximum absolute atomic E-state index is 5.77. The van der Waals surface area contributed by atoms with Gasteiger partial charge in [0, 0.05) is 0 Å². The SMILES string of the molecule is CCCCCCCCCCCCC(CCC)(CCC)OOOCCC. The Hall–Kier alpha value is -0.120. The molecule has 0 atom stereocenters. The first kappa shape index (κ1) is 24.9. The van der Waals surface area contributed by atoms with Gasteiger partial charge in [-0.2, -0.15) is 4.89 Å². The molecule has 0 rings (SSSR count). The molecule has 0 bridgehead atoms. The summed E-state index contributed by atoms with van der Waals surface area (Å²) in [6.07, 6.45) is 20.1. The molecule has 0 saturated heterocycles. The zero-order chi connectivity index (χ0) is 18.6. The van der Waals surface area contributed by atoms with Crippen LogP contribution in [-0.2, 0) is 14.8 Å². The molecule has 0 saturated carbocycles. The van der Waals surface area contributed by atoms with Crippen LogP contribution in [-0.4, -0.2) is 12.2 Å². The lowest BCUT2D eigenvalue weighted by Gasteiger charge is -2.31. The fourth-order valence-electron chi connectivity index (χ4n) is 3.56.